The zero-order chi connectivity index (χ0) is 15.1. The predicted octanol–water partition coefficient (Wildman–Crippen LogP) is 2.25. The van der Waals surface area contributed by atoms with E-state index in [0.29, 0.717) is 5.02 Å². The topological polar surface area (TPSA) is 101 Å². The van der Waals surface area contributed by atoms with Gasteiger partial charge in [0.15, 0.2) is 0 Å². The number of carbonyl (C=O) groups is 2. The van der Waals surface area contributed by atoms with Crippen LogP contribution in [0.4, 0.5) is 0 Å². The van der Waals surface area contributed by atoms with Gasteiger partial charge in [-0.2, -0.15) is 0 Å². The summed E-state index contributed by atoms with van der Waals surface area (Å²) in [5, 5.41) is 18.3. The average Bonchev–Trinajstić information content (AvgIpc) is 2.37. The molecule has 1 aromatic carbocycles. The lowest BCUT2D eigenvalue weighted by molar-refractivity contribution is -0.143. The van der Waals surface area contributed by atoms with Gasteiger partial charge in [0.25, 0.3) is 0 Å². The Kier molecular flexibility index (Phi) is 6.21. The first kappa shape index (κ1) is 16.2. The molecule has 1 rings (SSSR count). The SMILES string of the molecule is N[C@@H](C[C@@H](C/C=C/c1cccc(Cl)c1)C(=O)O)C(=O)O. The van der Waals surface area contributed by atoms with Crippen LogP contribution in [0.25, 0.3) is 6.08 Å². The second-order valence-corrected chi connectivity index (χ2v) is 4.85. The number of allylic oxidation sites excluding steroid dienone is 1. The Labute approximate surface area is 121 Å². The Morgan fingerprint density at radius 1 is 1.30 bits per heavy atom. The minimum absolute atomic E-state index is 0.107. The van der Waals surface area contributed by atoms with Crippen LogP contribution >= 0.6 is 11.6 Å². The zero-order valence-electron chi connectivity index (χ0n) is 10.7. The molecular weight excluding hydrogens is 282 g/mol. The lowest BCUT2D eigenvalue weighted by atomic mass is 9.96. The summed E-state index contributed by atoms with van der Waals surface area (Å²) < 4.78 is 0. The molecule has 0 saturated heterocycles. The molecule has 0 spiro atoms. The Morgan fingerprint density at radius 3 is 2.55 bits per heavy atom. The number of carboxylic acids is 2. The number of hydrogen-bond donors (Lipinski definition) is 3. The maximum absolute atomic E-state index is 11.1. The molecule has 0 heterocycles. The summed E-state index contributed by atoms with van der Waals surface area (Å²) in [7, 11) is 0. The molecule has 0 radical (unpaired) electrons. The molecule has 0 unspecified atom stereocenters. The minimum Gasteiger partial charge on any atom is -0.481 e. The summed E-state index contributed by atoms with van der Waals surface area (Å²) >= 11 is 5.83. The quantitative estimate of drug-likeness (QED) is 0.716. The third-order valence-electron chi connectivity index (χ3n) is 2.78. The third kappa shape index (κ3) is 5.42. The van der Waals surface area contributed by atoms with Crippen molar-refractivity contribution in [2.45, 2.75) is 18.9 Å². The monoisotopic (exact) mass is 297 g/mol. The van der Waals surface area contributed by atoms with Gasteiger partial charge in [-0.15, -0.1) is 0 Å². The van der Waals surface area contributed by atoms with Crippen LogP contribution in [0, 0.1) is 5.92 Å². The molecule has 0 fully saturated rings. The molecule has 0 aliphatic carbocycles. The minimum atomic E-state index is -1.20. The summed E-state index contributed by atoms with van der Waals surface area (Å²) in [6, 6.07) is 5.94. The highest BCUT2D eigenvalue weighted by Crippen LogP contribution is 2.15. The first-order valence-electron chi connectivity index (χ1n) is 6.03. The maximum atomic E-state index is 11.1. The number of rotatable bonds is 7. The van der Waals surface area contributed by atoms with Gasteiger partial charge in [0.1, 0.15) is 6.04 Å². The standard InChI is InChI=1S/C14H16ClNO4/c15-11-6-2-4-9(7-11)3-1-5-10(13(17)18)8-12(16)14(19)20/h1-4,6-7,10,12H,5,8,16H2,(H,17,18)(H,19,20)/b3-1+/t10-,12+/m1/s1. The number of carboxylic acid groups (broad SMARTS) is 2. The number of hydrogen-bond acceptors (Lipinski definition) is 3. The van der Waals surface area contributed by atoms with Crippen LogP contribution in [-0.2, 0) is 9.59 Å². The molecule has 0 aliphatic rings. The van der Waals surface area contributed by atoms with Crippen LogP contribution in [0.5, 0.6) is 0 Å². The van der Waals surface area contributed by atoms with Crippen molar-refractivity contribution in [1.82, 2.24) is 0 Å². The molecule has 0 saturated carbocycles. The molecule has 6 heteroatoms. The van der Waals surface area contributed by atoms with Crippen LogP contribution in [0.1, 0.15) is 18.4 Å². The fourth-order valence-corrected chi connectivity index (χ4v) is 1.88. The summed E-state index contributed by atoms with van der Waals surface area (Å²) in [4.78, 5) is 21.7. The van der Waals surface area contributed by atoms with Crippen molar-refractivity contribution in [3.63, 3.8) is 0 Å². The van der Waals surface area contributed by atoms with Crippen molar-refractivity contribution in [2.24, 2.45) is 11.7 Å². The van der Waals surface area contributed by atoms with Crippen molar-refractivity contribution in [3.8, 4) is 0 Å². The van der Waals surface area contributed by atoms with E-state index in [9.17, 15) is 9.59 Å². The highest BCUT2D eigenvalue weighted by atomic mass is 35.5. The van der Waals surface area contributed by atoms with Crippen molar-refractivity contribution >= 4 is 29.6 Å². The Bertz CT molecular complexity index is 516. The molecule has 0 amide bonds. The normalized spacial score (nSPS) is 14.1. The van der Waals surface area contributed by atoms with Crippen molar-refractivity contribution in [3.05, 3.63) is 40.9 Å². The van der Waals surface area contributed by atoms with Crippen LogP contribution in [0.2, 0.25) is 5.02 Å². The van der Waals surface area contributed by atoms with E-state index in [1.54, 1.807) is 30.4 Å². The molecular formula is C14H16ClNO4. The van der Waals surface area contributed by atoms with Gasteiger partial charge < -0.3 is 15.9 Å². The molecule has 5 nitrogen and oxygen atoms in total. The Balaban J connectivity index is 2.63. The third-order valence-corrected chi connectivity index (χ3v) is 3.02. The zero-order valence-corrected chi connectivity index (χ0v) is 11.5. The Morgan fingerprint density at radius 2 is 2.00 bits per heavy atom. The average molecular weight is 298 g/mol. The first-order chi connectivity index (χ1) is 9.40. The summed E-state index contributed by atoms with van der Waals surface area (Å²) in [6.07, 6.45) is 3.53. The molecule has 1 aromatic rings. The van der Waals surface area contributed by atoms with E-state index in [1.165, 1.54) is 0 Å². The lowest BCUT2D eigenvalue weighted by Gasteiger charge is -2.12. The number of benzene rings is 1. The van der Waals surface area contributed by atoms with E-state index in [1.807, 2.05) is 6.07 Å². The second-order valence-electron chi connectivity index (χ2n) is 4.41. The van der Waals surface area contributed by atoms with E-state index in [-0.39, 0.29) is 12.8 Å². The molecule has 20 heavy (non-hydrogen) atoms. The molecule has 0 aliphatic heterocycles. The van der Waals surface area contributed by atoms with E-state index in [0.717, 1.165) is 5.56 Å². The van der Waals surface area contributed by atoms with E-state index >= 15 is 0 Å². The fourth-order valence-electron chi connectivity index (χ4n) is 1.68. The van der Waals surface area contributed by atoms with E-state index in [2.05, 4.69) is 0 Å². The van der Waals surface area contributed by atoms with E-state index < -0.39 is 23.9 Å². The van der Waals surface area contributed by atoms with Crippen LogP contribution in [0.15, 0.2) is 30.3 Å². The number of nitrogens with two attached hydrogens (primary N) is 1. The molecule has 4 N–H and O–H groups in total. The van der Waals surface area contributed by atoms with Crippen LogP contribution in [0.3, 0.4) is 0 Å². The lowest BCUT2D eigenvalue weighted by Crippen LogP contribution is -2.34. The summed E-state index contributed by atoms with van der Waals surface area (Å²) in [6.45, 7) is 0. The van der Waals surface area contributed by atoms with Gasteiger partial charge in [-0.25, -0.2) is 0 Å². The summed E-state index contributed by atoms with van der Waals surface area (Å²) in [5.74, 6) is -3.08. The fraction of sp³-hybridized carbons (Fsp3) is 0.286. The summed E-state index contributed by atoms with van der Waals surface area (Å²) in [5.41, 5.74) is 6.20. The van der Waals surface area contributed by atoms with Gasteiger partial charge in [0.2, 0.25) is 0 Å². The van der Waals surface area contributed by atoms with E-state index in [4.69, 9.17) is 27.5 Å². The molecule has 2 atom stereocenters. The van der Waals surface area contributed by atoms with Gasteiger partial charge in [-0.1, -0.05) is 35.9 Å². The number of halogens is 1. The Hall–Kier alpha value is -1.85. The second kappa shape index (κ2) is 7.67. The van der Waals surface area contributed by atoms with Crippen molar-refractivity contribution < 1.29 is 19.8 Å². The highest BCUT2D eigenvalue weighted by Gasteiger charge is 2.23. The molecule has 0 bridgehead atoms. The van der Waals surface area contributed by atoms with Gasteiger partial charge in [0.05, 0.1) is 5.92 Å². The van der Waals surface area contributed by atoms with Gasteiger partial charge in [-0.3, -0.25) is 9.59 Å². The van der Waals surface area contributed by atoms with Crippen molar-refractivity contribution in [1.29, 1.82) is 0 Å². The molecule has 0 aromatic heterocycles. The van der Waals surface area contributed by atoms with Crippen LogP contribution < -0.4 is 5.73 Å². The largest absolute Gasteiger partial charge is 0.481 e. The van der Waals surface area contributed by atoms with Crippen LogP contribution in [-0.4, -0.2) is 28.2 Å². The predicted molar refractivity (Wildman–Crippen MR) is 76.5 cm³/mol. The van der Waals surface area contributed by atoms with Gasteiger partial charge in [-0.05, 0) is 30.5 Å². The first-order valence-corrected chi connectivity index (χ1v) is 6.41. The highest BCUT2D eigenvalue weighted by molar-refractivity contribution is 6.30. The smallest absolute Gasteiger partial charge is 0.320 e. The van der Waals surface area contributed by atoms with Gasteiger partial charge in [0, 0.05) is 5.02 Å². The van der Waals surface area contributed by atoms with Gasteiger partial charge >= 0.3 is 11.9 Å². The molecule has 108 valence electrons. The number of aliphatic carboxylic acids is 2. The van der Waals surface area contributed by atoms with Crippen molar-refractivity contribution in [2.75, 3.05) is 0 Å². The maximum Gasteiger partial charge on any atom is 0.320 e.